The molecule has 0 spiro atoms. The normalized spacial score (nSPS) is 11.6. The summed E-state index contributed by atoms with van der Waals surface area (Å²) in [6.45, 7) is 6.16. The zero-order valence-corrected chi connectivity index (χ0v) is 25.8. The summed E-state index contributed by atoms with van der Waals surface area (Å²) in [7, 11) is 3.21. The number of carboxylic acid groups (broad SMARTS) is 1. The molecule has 1 atom stereocenters. The molecule has 0 aliphatic heterocycles. The largest absolute Gasteiger partial charge is 0.496 e. The molecule has 0 unspecified atom stereocenters. The summed E-state index contributed by atoms with van der Waals surface area (Å²) in [5, 5.41) is 32.6. The fourth-order valence-corrected chi connectivity index (χ4v) is 5.52. The fourth-order valence-electron chi connectivity index (χ4n) is 5.52. The Bertz CT molecular complexity index is 1540. The van der Waals surface area contributed by atoms with Crippen LogP contribution in [0.15, 0.2) is 60.8 Å². The number of aromatic nitrogens is 2. The Kier molecular flexibility index (Phi) is 10.8. The van der Waals surface area contributed by atoms with Crippen LogP contribution in [0.2, 0.25) is 0 Å². The number of ether oxygens (including phenoxy) is 2. The average Bonchev–Trinajstić information content (AvgIpc) is 3.00. The molecule has 0 aliphatic rings. The van der Waals surface area contributed by atoms with Crippen LogP contribution in [0.5, 0.6) is 11.5 Å². The number of aliphatic carboxylic acids is 1. The molecule has 4 rings (SSSR count). The molecule has 1 aromatic heterocycles. The molecule has 232 valence electrons. The van der Waals surface area contributed by atoms with Gasteiger partial charge in [0.1, 0.15) is 23.4 Å². The van der Waals surface area contributed by atoms with Crippen LogP contribution in [-0.2, 0) is 11.2 Å². The molecule has 10 nitrogen and oxygen atoms in total. The van der Waals surface area contributed by atoms with Crippen molar-refractivity contribution in [3.63, 3.8) is 0 Å². The van der Waals surface area contributed by atoms with Gasteiger partial charge in [-0.1, -0.05) is 48.0 Å². The molecule has 4 aromatic rings. The van der Waals surface area contributed by atoms with Crippen molar-refractivity contribution in [2.24, 2.45) is 0 Å². The minimum atomic E-state index is -1.04. The van der Waals surface area contributed by atoms with E-state index in [0.717, 1.165) is 38.9 Å². The molecule has 0 saturated carbocycles. The van der Waals surface area contributed by atoms with E-state index in [1.54, 1.807) is 25.3 Å². The molecule has 4 N–H and O–H groups in total. The quantitative estimate of drug-likeness (QED) is 0.162. The third-order valence-electron chi connectivity index (χ3n) is 7.46. The van der Waals surface area contributed by atoms with E-state index in [2.05, 4.69) is 22.4 Å². The van der Waals surface area contributed by atoms with Gasteiger partial charge < -0.3 is 35.0 Å². The lowest BCUT2D eigenvalue weighted by atomic mass is 9.94. The minimum absolute atomic E-state index is 0.154. The van der Waals surface area contributed by atoms with Gasteiger partial charge in [0.2, 0.25) is 5.95 Å². The predicted molar refractivity (Wildman–Crippen MR) is 172 cm³/mol. The lowest BCUT2D eigenvalue weighted by molar-refractivity contribution is -0.137. The summed E-state index contributed by atoms with van der Waals surface area (Å²) < 4.78 is 11.1. The maximum absolute atomic E-state index is 12.6. The first-order chi connectivity index (χ1) is 21.2. The summed E-state index contributed by atoms with van der Waals surface area (Å²) in [6.07, 6.45) is 1.85. The van der Waals surface area contributed by atoms with Crippen molar-refractivity contribution in [2.75, 3.05) is 50.7 Å². The number of methoxy groups -OCH3 is 2. The third-order valence-corrected chi connectivity index (χ3v) is 7.46. The lowest BCUT2D eigenvalue weighted by Gasteiger charge is -2.24. The van der Waals surface area contributed by atoms with Gasteiger partial charge in [-0.15, -0.1) is 0 Å². The van der Waals surface area contributed by atoms with E-state index in [4.69, 9.17) is 14.5 Å². The summed E-state index contributed by atoms with van der Waals surface area (Å²) in [5.74, 6) is 0.945. The van der Waals surface area contributed by atoms with Gasteiger partial charge in [0.05, 0.1) is 33.0 Å². The molecule has 0 fully saturated rings. The molecule has 0 saturated heterocycles. The Morgan fingerprint density at radius 3 is 2.02 bits per heavy atom. The first-order valence-electron chi connectivity index (χ1n) is 14.4. The van der Waals surface area contributed by atoms with Crippen LogP contribution in [0, 0.1) is 20.8 Å². The highest BCUT2D eigenvalue weighted by atomic mass is 16.5. The molecular formula is C34H40N4O6. The van der Waals surface area contributed by atoms with E-state index < -0.39 is 12.0 Å². The number of carboxylic acids is 1. The maximum Gasteiger partial charge on any atom is 0.326 e. The predicted octanol–water partition coefficient (Wildman–Crippen LogP) is 4.65. The van der Waals surface area contributed by atoms with Gasteiger partial charge in [-0.3, -0.25) is 0 Å². The van der Waals surface area contributed by atoms with Crippen molar-refractivity contribution in [1.82, 2.24) is 9.97 Å². The molecule has 0 bridgehead atoms. The molecule has 10 heteroatoms. The van der Waals surface area contributed by atoms with Crippen LogP contribution >= 0.6 is 0 Å². The van der Waals surface area contributed by atoms with Crippen LogP contribution in [-0.4, -0.2) is 77.8 Å². The van der Waals surface area contributed by atoms with Crippen molar-refractivity contribution in [1.29, 1.82) is 0 Å². The topological polar surface area (TPSA) is 137 Å². The standard InChI is InChI=1S/C34H40N4O6/c1-21-17-22(2)30(23(3)18-21)26-20-35-34(38(13-15-39)14-16-40)37-32(26)36-27(33(41)42)19-24-9-11-25(12-10-24)31-28(43-4)7-6-8-29(31)44-5/h6-12,17-18,20,27,39-40H,13-16,19H2,1-5H3,(H,41,42)(H,35,36,37)/t27-/m0/s1. The molecule has 0 aliphatic carbocycles. The van der Waals surface area contributed by atoms with E-state index in [0.29, 0.717) is 22.9 Å². The monoisotopic (exact) mass is 600 g/mol. The van der Waals surface area contributed by atoms with Gasteiger partial charge >= 0.3 is 5.97 Å². The number of aliphatic hydroxyl groups is 2. The third kappa shape index (κ3) is 7.27. The van der Waals surface area contributed by atoms with E-state index in [9.17, 15) is 20.1 Å². The SMILES string of the molecule is COc1cccc(OC)c1-c1ccc(C[C@H](Nc2nc(N(CCO)CCO)ncc2-c2c(C)cc(C)cc2C)C(=O)O)cc1. The van der Waals surface area contributed by atoms with Crippen molar-refractivity contribution < 1.29 is 29.6 Å². The second-order valence-corrected chi connectivity index (χ2v) is 10.6. The van der Waals surface area contributed by atoms with Gasteiger partial charge in [-0.2, -0.15) is 4.98 Å². The average molecular weight is 601 g/mol. The van der Waals surface area contributed by atoms with Crippen LogP contribution in [0.1, 0.15) is 22.3 Å². The van der Waals surface area contributed by atoms with Crippen molar-refractivity contribution in [3.05, 3.63) is 83.0 Å². The summed E-state index contributed by atoms with van der Waals surface area (Å²) in [5.41, 5.74) is 7.23. The number of aliphatic hydroxyl groups excluding tert-OH is 2. The van der Waals surface area contributed by atoms with Crippen LogP contribution in [0.4, 0.5) is 11.8 Å². The summed E-state index contributed by atoms with van der Waals surface area (Å²) >= 11 is 0. The Hall–Kier alpha value is -4.67. The number of nitrogens with one attached hydrogen (secondary N) is 1. The van der Waals surface area contributed by atoms with E-state index in [-0.39, 0.29) is 38.7 Å². The number of carbonyl (C=O) groups is 1. The number of nitrogens with zero attached hydrogens (tertiary/aromatic N) is 3. The van der Waals surface area contributed by atoms with E-state index >= 15 is 0 Å². The van der Waals surface area contributed by atoms with Gasteiger partial charge in [-0.05, 0) is 60.7 Å². The summed E-state index contributed by atoms with van der Waals surface area (Å²) in [6, 6.07) is 16.3. The van der Waals surface area contributed by atoms with Gasteiger partial charge in [0, 0.05) is 31.3 Å². The zero-order valence-electron chi connectivity index (χ0n) is 25.8. The van der Waals surface area contributed by atoms with Crippen molar-refractivity contribution in [3.8, 4) is 33.8 Å². The smallest absolute Gasteiger partial charge is 0.326 e. The molecular weight excluding hydrogens is 560 g/mol. The van der Waals surface area contributed by atoms with Crippen LogP contribution in [0.3, 0.4) is 0 Å². The number of hydrogen-bond acceptors (Lipinski definition) is 9. The van der Waals surface area contributed by atoms with Gasteiger partial charge in [0.15, 0.2) is 0 Å². The molecule has 44 heavy (non-hydrogen) atoms. The Morgan fingerprint density at radius 2 is 1.50 bits per heavy atom. The zero-order chi connectivity index (χ0) is 31.8. The van der Waals surface area contributed by atoms with Crippen LogP contribution < -0.4 is 19.7 Å². The number of aryl methyl sites for hydroxylation is 3. The molecule has 0 amide bonds. The highest BCUT2D eigenvalue weighted by Crippen LogP contribution is 2.38. The molecule has 3 aromatic carbocycles. The maximum atomic E-state index is 12.6. The van der Waals surface area contributed by atoms with Crippen molar-refractivity contribution >= 4 is 17.7 Å². The second-order valence-electron chi connectivity index (χ2n) is 10.6. The number of hydrogen-bond donors (Lipinski definition) is 4. The van der Waals surface area contributed by atoms with E-state index in [1.807, 2.05) is 63.2 Å². The Morgan fingerprint density at radius 1 is 0.909 bits per heavy atom. The van der Waals surface area contributed by atoms with E-state index in [1.165, 1.54) is 0 Å². The van der Waals surface area contributed by atoms with Gasteiger partial charge in [-0.25, -0.2) is 9.78 Å². The minimum Gasteiger partial charge on any atom is -0.496 e. The Balaban J connectivity index is 1.72. The highest BCUT2D eigenvalue weighted by Gasteiger charge is 2.24. The first-order valence-corrected chi connectivity index (χ1v) is 14.4. The molecule has 1 heterocycles. The fraction of sp³-hybridized carbons (Fsp3) is 0.324. The van der Waals surface area contributed by atoms with Crippen LogP contribution in [0.25, 0.3) is 22.3 Å². The highest BCUT2D eigenvalue weighted by molar-refractivity contribution is 5.84. The lowest BCUT2D eigenvalue weighted by Crippen LogP contribution is -2.34. The number of anilines is 2. The molecule has 0 radical (unpaired) electrons. The first kappa shape index (κ1) is 32.2. The van der Waals surface area contributed by atoms with Crippen molar-refractivity contribution in [2.45, 2.75) is 33.2 Å². The Labute approximate surface area is 258 Å². The number of benzene rings is 3. The van der Waals surface area contributed by atoms with Gasteiger partial charge in [0.25, 0.3) is 0 Å². The number of rotatable bonds is 14. The summed E-state index contributed by atoms with van der Waals surface area (Å²) in [4.78, 5) is 23.5. The second kappa shape index (κ2) is 14.7.